The Kier molecular flexibility index (Phi) is 6.62. The van der Waals surface area contributed by atoms with E-state index in [1.807, 2.05) is 59.8 Å². The maximum atomic E-state index is 13.5. The Balaban J connectivity index is 1.35. The number of hydrogen-bond donors (Lipinski definition) is 2. The van der Waals surface area contributed by atoms with Gasteiger partial charge in [-0.25, -0.2) is 9.50 Å². The van der Waals surface area contributed by atoms with Crippen LogP contribution >= 0.6 is 0 Å². The Hall–Kier alpha value is -3.72. The summed E-state index contributed by atoms with van der Waals surface area (Å²) in [7, 11) is 0. The van der Waals surface area contributed by atoms with Gasteiger partial charge >= 0.3 is 0 Å². The average Bonchev–Trinajstić information content (AvgIpc) is 3.59. The van der Waals surface area contributed by atoms with Crippen LogP contribution in [0.5, 0.6) is 0 Å². The quantitative estimate of drug-likeness (QED) is 0.379. The zero-order valence-corrected chi connectivity index (χ0v) is 22.8. The third-order valence-corrected chi connectivity index (χ3v) is 8.64. The molecule has 1 amide bonds. The number of carbonyl (C=O) groups excluding carboxylic acids is 1. The average molecular weight is 528 g/mol. The lowest BCUT2D eigenvalue weighted by Crippen LogP contribution is -2.44. The van der Waals surface area contributed by atoms with Gasteiger partial charge in [-0.2, -0.15) is 10.2 Å². The summed E-state index contributed by atoms with van der Waals surface area (Å²) in [4.78, 5) is 19.7. The molecular formula is C30H37N7O2. The first-order valence-electron chi connectivity index (χ1n) is 14.1. The summed E-state index contributed by atoms with van der Waals surface area (Å²) in [5.74, 6) is 0.617. The lowest BCUT2D eigenvalue weighted by atomic mass is 9.83. The molecule has 1 saturated heterocycles. The van der Waals surface area contributed by atoms with Crippen LogP contribution in [0, 0.1) is 5.92 Å². The second kappa shape index (κ2) is 10.1. The number of aromatic nitrogens is 5. The number of aliphatic hydroxyl groups is 1. The van der Waals surface area contributed by atoms with Crippen molar-refractivity contribution in [2.45, 2.75) is 70.4 Å². The van der Waals surface area contributed by atoms with Crippen LogP contribution < -0.4 is 5.73 Å². The number of carbonyl (C=O) groups is 1. The number of hydrogen-bond acceptors (Lipinski definition) is 6. The molecule has 4 heterocycles. The molecule has 6 rings (SSSR count). The zero-order chi connectivity index (χ0) is 27.1. The number of piperidine rings is 1. The van der Waals surface area contributed by atoms with E-state index in [4.69, 9.17) is 10.8 Å². The van der Waals surface area contributed by atoms with E-state index in [-0.39, 0.29) is 11.8 Å². The van der Waals surface area contributed by atoms with Gasteiger partial charge in [0.25, 0.3) is 5.91 Å². The Morgan fingerprint density at radius 3 is 2.51 bits per heavy atom. The number of anilines is 1. The van der Waals surface area contributed by atoms with Crippen LogP contribution in [-0.4, -0.2) is 59.0 Å². The van der Waals surface area contributed by atoms with Crippen LogP contribution in [-0.2, 0) is 0 Å². The zero-order valence-electron chi connectivity index (χ0n) is 22.8. The number of amides is 1. The third kappa shape index (κ3) is 4.80. The summed E-state index contributed by atoms with van der Waals surface area (Å²) in [6.07, 6.45) is 10.9. The minimum Gasteiger partial charge on any atom is -0.390 e. The summed E-state index contributed by atoms with van der Waals surface area (Å²) in [5.41, 5.74) is 10.8. The van der Waals surface area contributed by atoms with Gasteiger partial charge in [-0.15, -0.1) is 0 Å². The number of rotatable bonds is 5. The van der Waals surface area contributed by atoms with Gasteiger partial charge in [0.05, 0.1) is 23.0 Å². The molecule has 9 heteroatoms. The molecule has 3 N–H and O–H groups in total. The van der Waals surface area contributed by atoms with E-state index in [1.165, 1.54) is 25.6 Å². The lowest BCUT2D eigenvalue weighted by Gasteiger charge is -2.37. The highest BCUT2D eigenvalue weighted by Crippen LogP contribution is 2.38. The first kappa shape index (κ1) is 25.6. The highest BCUT2D eigenvalue weighted by molar-refractivity contribution is 5.96. The maximum Gasteiger partial charge on any atom is 0.253 e. The Morgan fingerprint density at radius 1 is 1.00 bits per heavy atom. The van der Waals surface area contributed by atoms with Crippen molar-refractivity contribution in [1.82, 2.24) is 29.3 Å². The third-order valence-electron chi connectivity index (χ3n) is 8.64. The van der Waals surface area contributed by atoms with Gasteiger partial charge in [-0.1, -0.05) is 31.4 Å². The molecule has 9 nitrogen and oxygen atoms in total. The summed E-state index contributed by atoms with van der Waals surface area (Å²) in [5, 5.41) is 19.7. The fraction of sp³-hybridized carbons (Fsp3) is 0.467. The number of nitrogen functional groups attached to an aromatic ring is 1. The molecule has 1 aromatic carbocycles. The van der Waals surface area contributed by atoms with Crippen LogP contribution in [0.25, 0.3) is 28.0 Å². The Morgan fingerprint density at radius 2 is 1.77 bits per heavy atom. The standard InChI is InChI=1S/C30H37N7O2/c1-30(2,39)22-12-15-35(16-13-22)29(38)21-8-6-7-20(17-21)26-18-24(27-28(31)32-19-34-37(26)27)25-11-14-33-36(25)23-9-4-3-5-10-23/h6-8,11,14,17-19,22-23,39H,3-5,9-10,12-13,15-16H2,1-2H3,(H2,31,32,34). The molecule has 1 saturated carbocycles. The van der Waals surface area contributed by atoms with Crippen LogP contribution in [0.2, 0.25) is 0 Å². The monoisotopic (exact) mass is 527 g/mol. The minimum absolute atomic E-state index is 0.0108. The van der Waals surface area contributed by atoms with E-state index in [0.29, 0.717) is 30.5 Å². The van der Waals surface area contributed by atoms with Gasteiger partial charge in [0.1, 0.15) is 11.8 Å². The van der Waals surface area contributed by atoms with Crippen molar-refractivity contribution in [3.63, 3.8) is 0 Å². The van der Waals surface area contributed by atoms with Gasteiger partial charge in [0.2, 0.25) is 0 Å². The Bertz CT molecular complexity index is 1480. The smallest absolute Gasteiger partial charge is 0.253 e. The first-order valence-corrected chi connectivity index (χ1v) is 14.1. The predicted molar refractivity (Wildman–Crippen MR) is 151 cm³/mol. The van der Waals surface area contributed by atoms with Gasteiger partial charge in [-0.05, 0) is 69.7 Å². The van der Waals surface area contributed by atoms with Gasteiger partial charge < -0.3 is 15.7 Å². The summed E-state index contributed by atoms with van der Waals surface area (Å²) in [6, 6.07) is 12.2. The van der Waals surface area contributed by atoms with E-state index in [2.05, 4.69) is 20.8 Å². The second-order valence-electron chi connectivity index (χ2n) is 11.6. The first-order chi connectivity index (χ1) is 18.8. The van der Waals surface area contributed by atoms with E-state index < -0.39 is 5.60 Å². The van der Waals surface area contributed by atoms with Crippen LogP contribution in [0.1, 0.15) is 75.2 Å². The number of likely N-dealkylation sites (tertiary alicyclic amines) is 1. The van der Waals surface area contributed by atoms with Crippen molar-refractivity contribution in [3.8, 4) is 22.5 Å². The molecule has 0 radical (unpaired) electrons. The van der Waals surface area contributed by atoms with Crippen molar-refractivity contribution in [2.24, 2.45) is 5.92 Å². The molecule has 0 bridgehead atoms. The number of fused-ring (bicyclic) bond motifs is 1. The molecular weight excluding hydrogens is 490 g/mol. The maximum absolute atomic E-state index is 13.5. The van der Waals surface area contributed by atoms with E-state index in [1.54, 1.807) is 0 Å². The predicted octanol–water partition coefficient (Wildman–Crippen LogP) is 4.97. The minimum atomic E-state index is -0.723. The van der Waals surface area contributed by atoms with E-state index in [0.717, 1.165) is 53.7 Å². The van der Waals surface area contributed by atoms with Crippen LogP contribution in [0.15, 0.2) is 48.9 Å². The van der Waals surface area contributed by atoms with Crippen molar-refractivity contribution >= 4 is 17.2 Å². The lowest BCUT2D eigenvalue weighted by molar-refractivity contribution is -0.0108. The summed E-state index contributed by atoms with van der Waals surface area (Å²) >= 11 is 0. The normalized spacial score (nSPS) is 17.7. The molecule has 2 fully saturated rings. The van der Waals surface area contributed by atoms with Crippen molar-refractivity contribution < 1.29 is 9.90 Å². The molecule has 0 atom stereocenters. The molecule has 0 unspecified atom stereocenters. The molecule has 4 aromatic rings. The molecule has 204 valence electrons. The molecule has 3 aromatic heterocycles. The highest BCUT2D eigenvalue weighted by Gasteiger charge is 2.32. The largest absolute Gasteiger partial charge is 0.390 e. The molecule has 2 aliphatic rings. The Labute approximate surface area is 228 Å². The van der Waals surface area contributed by atoms with Crippen molar-refractivity contribution in [3.05, 3.63) is 54.5 Å². The van der Waals surface area contributed by atoms with Crippen molar-refractivity contribution in [1.29, 1.82) is 0 Å². The van der Waals surface area contributed by atoms with Gasteiger partial charge in [-0.3, -0.25) is 9.48 Å². The second-order valence-corrected chi connectivity index (χ2v) is 11.6. The topological polar surface area (TPSA) is 115 Å². The van der Waals surface area contributed by atoms with Gasteiger partial charge in [0.15, 0.2) is 5.82 Å². The molecule has 0 spiro atoms. The summed E-state index contributed by atoms with van der Waals surface area (Å²) in [6.45, 7) is 5.00. The van der Waals surface area contributed by atoms with Gasteiger partial charge in [0, 0.05) is 36.0 Å². The number of nitrogens with zero attached hydrogens (tertiary/aromatic N) is 6. The fourth-order valence-electron chi connectivity index (χ4n) is 6.40. The van der Waals surface area contributed by atoms with E-state index >= 15 is 0 Å². The number of nitrogens with two attached hydrogens (primary N) is 1. The highest BCUT2D eigenvalue weighted by atomic mass is 16.3. The fourth-order valence-corrected chi connectivity index (χ4v) is 6.40. The van der Waals surface area contributed by atoms with Crippen LogP contribution in [0.4, 0.5) is 5.82 Å². The number of benzene rings is 1. The molecule has 39 heavy (non-hydrogen) atoms. The van der Waals surface area contributed by atoms with Crippen molar-refractivity contribution in [2.75, 3.05) is 18.8 Å². The van der Waals surface area contributed by atoms with E-state index in [9.17, 15) is 9.90 Å². The van der Waals surface area contributed by atoms with Crippen LogP contribution in [0.3, 0.4) is 0 Å². The molecule has 1 aliphatic heterocycles. The summed E-state index contributed by atoms with van der Waals surface area (Å²) < 4.78 is 3.97. The molecule has 1 aliphatic carbocycles. The SMILES string of the molecule is CC(C)(O)C1CCN(C(=O)c2cccc(-c3cc(-c4ccnn4C4CCCCC4)c4c(N)ncnn34)c2)CC1.